The predicted molar refractivity (Wildman–Crippen MR) is 73.6 cm³/mol. The number of fused-ring (bicyclic) bond motifs is 1. The van der Waals surface area contributed by atoms with Crippen LogP contribution in [0.3, 0.4) is 0 Å². The second-order valence-corrected chi connectivity index (χ2v) is 5.19. The molecule has 0 saturated heterocycles. The van der Waals surface area contributed by atoms with Crippen LogP contribution in [0.4, 0.5) is 11.6 Å². The molecule has 0 unspecified atom stereocenters. The number of methoxy groups -OCH3 is 1. The van der Waals surface area contributed by atoms with Crippen LogP contribution in [0.15, 0.2) is 17.5 Å². The third-order valence-electron chi connectivity index (χ3n) is 2.92. The first kappa shape index (κ1) is 11.3. The van der Waals surface area contributed by atoms with Gasteiger partial charge in [-0.3, -0.25) is 0 Å². The van der Waals surface area contributed by atoms with E-state index in [-0.39, 0.29) is 0 Å². The molecular formula is C12H14N4OS. The maximum absolute atomic E-state index is 5.37. The van der Waals surface area contributed by atoms with Crippen LogP contribution >= 0.6 is 11.3 Å². The molecular weight excluding hydrogens is 248 g/mol. The Bertz CT molecular complexity index is 570. The summed E-state index contributed by atoms with van der Waals surface area (Å²) in [6, 6.07) is 4.03. The fraction of sp³-hybridized carbons (Fsp3) is 0.333. The van der Waals surface area contributed by atoms with E-state index in [1.165, 1.54) is 0 Å². The lowest BCUT2D eigenvalue weighted by Gasteiger charge is -2.11. The third-order valence-corrected chi connectivity index (χ3v) is 3.80. The van der Waals surface area contributed by atoms with Crippen molar-refractivity contribution in [1.82, 2.24) is 9.97 Å². The molecule has 0 amide bonds. The highest BCUT2D eigenvalue weighted by molar-refractivity contribution is 7.13. The highest BCUT2D eigenvalue weighted by atomic mass is 32.1. The second kappa shape index (κ2) is 4.13. The van der Waals surface area contributed by atoms with Crippen molar-refractivity contribution in [1.29, 1.82) is 0 Å². The normalized spacial score (nSPS) is 13.9. The molecule has 1 aliphatic rings. The zero-order chi connectivity index (χ0) is 12.7. The summed E-state index contributed by atoms with van der Waals surface area (Å²) in [5.41, 5.74) is 0.813. The molecule has 0 radical (unpaired) electrons. The Balaban J connectivity index is 2.19. The van der Waals surface area contributed by atoms with Crippen LogP contribution in [0.5, 0.6) is 5.88 Å². The molecule has 0 spiro atoms. The first-order chi connectivity index (χ1) is 8.70. The lowest BCUT2D eigenvalue weighted by Crippen LogP contribution is -2.24. The van der Waals surface area contributed by atoms with E-state index in [1.54, 1.807) is 18.4 Å². The highest BCUT2D eigenvalue weighted by Crippen LogP contribution is 2.38. The zero-order valence-corrected chi connectivity index (χ0v) is 11.4. The molecule has 18 heavy (non-hydrogen) atoms. The minimum Gasteiger partial charge on any atom is -0.479 e. The van der Waals surface area contributed by atoms with Gasteiger partial charge in [0.25, 0.3) is 0 Å². The summed E-state index contributed by atoms with van der Waals surface area (Å²) < 4.78 is 5.37. The average molecular weight is 262 g/mol. The molecule has 6 heteroatoms. The third kappa shape index (κ3) is 1.60. The molecule has 94 valence electrons. The van der Waals surface area contributed by atoms with Gasteiger partial charge >= 0.3 is 0 Å². The number of anilines is 2. The van der Waals surface area contributed by atoms with Gasteiger partial charge in [0.15, 0.2) is 11.6 Å². The number of aromatic nitrogens is 2. The Labute approximate surface area is 110 Å². The molecule has 5 nitrogen and oxygen atoms in total. The molecule has 0 bridgehead atoms. The molecule has 0 saturated carbocycles. The van der Waals surface area contributed by atoms with Crippen LogP contribution in [0, 0.1) is 0 Å². The predicted octanol–water partition coefficient (Wildman–Crippen LogP) is 2.06. The number of hydrogen-bond donors (Lipinski definition) is 0. The quantitative estimate of drug-likeness (QED) is 0.828. The van der Waals surface area contributed by atoms with E-state index in [0.717, 1.165) is 28.9 Å². The summed E-state index contributed by atoms with van der Waals surface area (Å²) in [6.07, 6.45) is 0. The van der Waals surface area contributed by atoms with Crippen LogP contribution < -0.4 is 14.5 Å². The molecule has 0 N–H and O–H groups in total. The van der Waals surface area contributed by atoms with E-state index in [9.17, 15) is 0 Å². The van der Waals surface area contributed by atoms with Crippen LogP contribution in [-0.4, -0.2) is 37.8 Å². The number of hydrogen-bond acceptors (Lipinski definition) is 6. The van der Waals surface area contributed by atoms with Gasteiger partial charge in [0, 0.05) is 14.1 Å². The Morgan fingerprint density at radius 1 is 1.22 bits per heavy atom. The van der Waals surface area contributed by atoms with Crippen molar-refractivity contribution in [2.45, 2.75) is 0 Å². The van der Waals surface area contributed by atoms with Crippen LogP contribution in [0.1, 0.15) is 0 Å². The van der Waals surface area contributed by atoms with Crippen molar-refractivity contribution in [2.24, 2.45) is 0 Å². The Morgan fingerprint density at radius 2 is 1.94 bits per heavy atom. The van der Waals surface area contributed by atoms with Gasteiger partial charge in [-0.1, -0.05) is 6.07 Å². The van der Waals surface area contributed by atoms with Gasteiger partial charge in [0.1, 0.15) is 5.69 Å². The van der Waals surface area contributed by atoms with Gasteiger partial charge in [0.05, 0.1) is 18.7 Å². The minimum absolute atomic E-state index is 0.582. The van der Waals surface area contributed by atoms with Gasteiger partial charge in [-0.2, -0.15) is 4.98 Å². The molecule has 2 aromatic rings. The summed E-state index contributed by atoms with van der Waals surface area (Å²) in [6.45, 7) is 0.798. The first-order valence-corrected chi connectivity index (χ1v) is 6.51. The van der Waals surface area contributed by atoms with Crippen molar-refractivity contribution in [3.63, 3.8) is 0 Å². The van der Waals surface area contributed by atoms with Crippen molar-refractivity contribution in [3.05, 3.63) is 17.5 Å². The maximum Gasteiger partial charge on any atom is 0.243 e. The van der Waals surface area contributed by atoms with Crippen LogP contribution in [0.25, 0.3) is 10.6 Å². The lowest BCUT2D eigenvalue weighted by molar-refractivity contribution is 0.398. The average Bonchev–Trinajstić information content (AvgIpc) is 2.98. The van der Waals surface area contributed by atoms with Crippen LogP contribution in [0.2, 0.25) is 0 Å². The van der Waals surface area contributed by atoms with Crippen molar-refractivity contribution in [3.8, 4) is 16.5 Å². The summed E-state index contributed by atoms with van der Waals surface area (Å²) >= 11 is 1.64. The topological polar surface area (TPSA) is 41.5 Å². The van der Waals surface area contributed by atoms with Crippen molar-refractivity contribution < 1.29 is 4.74 Å². The van der Waals surface area contributed by atoms with Gasteiger partial charge in [-0.25, -0.2) is 4.98 Å². The fourth-order valence-corrected chi connectivity index (χ4v) is 2.79. The molecule has 1 aliphatic heterocycles. The molecule has 0 aliphatic carbocycles. The van der Waals surface area contributed by atoms with Gasteiger partial charge in [0.2, 0.25) is 5.88 Å². The fourth-order valence-electron chi connectivity index (χ4n) is 2.08. The maximum atomic E-state index is 5.37. The van der Waals surface area contributed by atoms with Gasteiger partial charge in [-0.15, -0.1) is 11.3 Å². The summed E-state index contributed by atoms with van der Waals surface area (Å²) in [4.78, 5) is 14.5. The lowest BCUT2D eigenvalue weighted by atomic mass is 10.3. The van der Waals surface area contributed by atoms with Gasteiger partial charge in [-0.05, 0) is 11.4 Å². The minimum atomic E-state index is 0.582. The smallest absolute Gasteiger partial charge is 0.243 e. The van der Waals surface area contributed by atoms with E-state index >= 15 is 0 Å². The Hall–Kier alpha value is -1.82. The number of nitrogens with zero attached hydrogens (tertiary/aromatic N) is 4. The van der Waals surface area contributed by atoms with Crippen LogP contribution in [-0.2, 0) is 0 Å². The second-order valence-electron chi connectivity index (χ2n) is 4.24. The number of thiophene rings is 1. The first-order valence-electron chi connectivity index (χ1n) is 5.63. The van der Waals surface area contributed by atoms with E-state index < -0.39 is 0 Å². The SMILES string of the molecule is COc1nc2c(nc1-c1cccs1)N(C)CN2C. The molecule has 0 atom stereocenters. The monoisotopic (exact) mass is 262 g/mol. The van der Waals surface area contributed by atoms with Gasteiger partial charge < -0.3 is 14.5 Å². The standard InChI is InChI=1S/C12H14N4OS/c1-15-7-16(2)11-10(15)13-9(12(14-11)17-3)8-5-4-6-18-8/h4-6H,7H2,1-3H3. The number of ether oxygens (including phenoxy) is 1. The molecule has 2 aromatic heterocycles. The van der Waals surface area contributed by atoms with E-state index in [4.69, 9.17) is 9.72 Å². The van der Waals surface area contributed by atoms with E-state index in [2.05, 4.69) is 14.8 Å². The summed E-state index contributed by atoms with van der Waals surface area (Å²) in [7, 11) is 5.65. The molecule has 0 fully saturated rings. The van der Waals surface area contributed by atoms with E-state index in [1.807, 2.05) is 31.6 Å². The van der Waals surface area contributed by atoms with Crippen molar-refractivity contribution in [2.75, 3.05) is 37.7 Å². The summed E-state index contributed by atoms with van der Waals surface area (Å²) in [5.74, 6) is 2.36. The molecule has 3 heterocycles. The Morgan fingerprint density at radius 3 is 2.56 bits per heavy atom. The Kier molecular flexibility index (Phi) is 2.59. The number of rotatable bonds is 2. The summed E-state index contributed by atoms with van der Waals surface area (Å²) in [5, 5.41) is 2.03. The zero-order valence-electron chi connectivity index (χ0n) is 10.5. The molecule has 0 aromatic carbocycles. The highest BCUT2D eigenvalue weighted by Gasteiger charge is 2.27. The molecule has 3 rings (SSSR count). The largest absolute Gasteiger partial charge is 0.479 e. The van der Waals surface area contributed by atoms with Crippen molar-refractivity contribution >= 4 is 23.0 Å². The van der Waals surface area contributed by atoms with E-state index in [0.29, 0.717) is 5.88 Å².